The average molecular weight is 594 g/mol. The number of carbonyl (C=O) groups is 1. The van der Waals surface area contributed by atoms with Gasteiger partial charge in [0.15, 0.2) is 5.82 Å². The topological polar surface area (TPSA) is 93.2 Å². The highest BCUT2D eigenvalue weighted by Gasteiger charge is 2.34. The van der Waals surface area contributed by atoms with Crippen molar-refractivity contribution < 1.29 is 22.4 Å². The van der Waals surface area contributed by atoms with Crippen LogP contribution in [0.25, 0.3) is 17.1 Å². The van der Waals surface area contributed by atoms with Gasteiger partial charge in [-0.25, -0.2) is 9.67 Å². The molecule has 0 atom stereocenters. The molecule has 1 fully saturated rings. The fourth-order valence-corrected chi connectivity index (χ4v) is 5.71. The van der Waals surface area contributed by atoms with Crippen molar-refractivity contribution in [2.24, 2.45) is 0 Å². The summed E-state index contributed by atoms with van der Waals surface area (Å²) >= 11 is 1.37. The van der Waals surface area contributed by atoms with Crippen molar-refractivity contribution in [3.63, 3.8) is 0 Å². The third kappa shape index (κ3) is 5.97. The number of halogens is 3. The molecule has 0 aliphatic carbocycles. The highest BCUT2D eigenvalue weighted by molar-refractivity contribution is 7.12. The molecule has 5 aromatic rings. The number of carbonyl (C=O) groups excluding carboxylic acids is 1. The maximum absolute atomic E-state index is 13.7. The standard InChI is InChI=1S/C29H26F3N7O2S/c1-19-34-35-27(41-19)20-5-2-7-23(17-20)38-15-12-26(36-38)39(28(40)24-8-4-16-42-24)22-10-13-37(14-11-22)18-21-6-3-9-25(33-21)29(30,31)32/h2-9,12,15-17,22H,10-11,13-14,18H2,1H3. The van der Waals surface area contributed by atoms with E-state index in [1.807, 2.05) is 41.8 Å². The number of hydrogen-bond donors (Lipinski definition) is 0. The van der Waals surface area contributed by atoms with Crippen LogP contribution in [0.15, 0.2) is 76.7 Å². The molecular weight excluding hydrogens is 567 g/mol. The fourth-order valence-electron chi connectivity index (χ4n) is 5.05. The number of anilines is 1. The van der Waals surface area contributed by atoms with Gasteiger partial charge in [0, 0.05) is 50.4 Å². The first-order chi connectivity index (χ1) is 20.2. The van der Waals surface area contributed by atoms with Crippen molar-refractivity contribution in [2.75, 3.05) is 18.0 Å². The number of alkyl halides is 3. The summed E-state index contributed by atoms with van der Waals surface area (Å²) in [7, 11) is 0. The number of aromatic nitrogens is 5. The second-order valence-corrected chi connectivity index (χ2v) is 10.9. The lowest BCUT2D eigenvalue weighted by Gasteiger charge is -2.37. The number of likely N-dealkylation sites (tertiary alicyclic amines) is 1. The van der Waals surface area contributed by atoms with E-state index < -0.39 is 11.9 Å². The first-order valence-corrected chi connectivity index (χ1v) is 14.2. The number of hydrogen-bond acceptors (Lipinski definition) is 8. The van der Waals surface area contributed by atoms with Gasteiger partial charge in [0.1, 0.15) is 5.69 Å². The summed E-state index contributed by atoms with van der Waals surface area (Å²) < 4.78 is 46.6. The van der Waals surface area contributed by atoms with E-state index in [1.54, 1.807) is 34.8 Å². The van der Waals surface area contributed by atoms with Gasteiger partial charge < -0.3 is 4.42 Å². The molecule has 216 valence electrons. The van der Waals surface area contributed by atoms with Gasteiger partial charge in [-0.15, -0.1) is 26.6 Å². The summed E-state index contributed by atoms with van der Waals surface area (Å²) in [6, 6.07) is 16.8. The number of benzene rings is 1. The van der Waals surface area contributed by atoms with Gasteiger partial charge in [0.25, 0.3) is 5.91 Å². The van der Waals surface area contributed by atoms with E-state index in [0.717, 1.165) is 17.3 Å². The molecule has 1 amide bonds. The minimum Gasteiger partial charge on any atom is -0.421 e. The van der Waals surface area contributed by atoms with Crippen molar-refractivity contribution in [1.29, 1.82) is 0 Å². The molecule has 1 aliphatic heterocycles. The Hall–Kier alpha value is -4.36. The largest absolute Gasteiger partial charge is 0.433 e. The van der Waals surface area contributed by atoms with Crippen LogP contribution in [0.4, 0.5) is 19.0 Å². The first-order valence-electron chi connectivity index (χ1n) is 13.3. The Kier molecular flexibility index (Phi) is 7.60. The minimum absolute atomic E-state index is 0.136. The molecule has 1 aliphatic rings. The molecule has 0 bridgehead atoms. The molecular formula is C29H26F3N7O2S. The first kappa shape index (κ1) is 27.8. The number of piperidine rings is 1. The zero-order valence-electron chi connectivity index (χ0n) is 22.5. The van der Waals surface area contributed by atoms with Crippen LogP contribution in [-0.4, -0.2) is 54.9 Å². The highest BCUT2D eigenvalue weighted by atomic mass is 32.1. The molecule has 4 aromatic heterocycles. The number of rotatable bonds is 7. The van der Waals surface area contributed by atoms with Crippen molar-refractivity contribution in [1.82, 2.24) is 29.9 Å². The lowest BCUT2D eigenvalue weighted by Crippen LogP contribution is -2.47. The molecule has 1 aromatic carbocycles. The number of aryl methyl sites for hydroxylation is 1. The van der Waals surface area contributed by atoms with Gasteiger partial charge in [0.05, 0.1) is 16.3 Å². The third-order valence-electron chi connectivity index (χ3n) is 7.06. The minimum atomic E-state index is -4.48. The molecule has 9 nitrogen and oxygen atoms in total. The quantitative estimate of drug-likeness (QED) is 0.228. The van der Waals surface area contributed by atoms with E-state index in [2.05, 4.69) is 20.1 Å². The van der Waals surface area contributed by atoms with E-state index >= 15 is 0 Å². The Morgan fingerprint density at radius 3 is 2.60 bits per heavy atom. The second kappa shape index (κ2) is 11.5. The van der Waals surface area contributed by atoms with Crippen LogP contribution < -0.4 is 4.90 Å². The normalized spacial score (nSPS) is 14.8. The summed E-state index contributed by atoms with van der Waals surface area (Å²) in [5.41, 5.74) is 0.989. The van der Waals surface area contributed by atoms with Crippen LogP contribution in [0.3, 0.4) is 0 Å². The van der Waals surface area contributed by atoms with E-state index in [0.29, 0.717) is 60.6 Å². The maximum atomic E-state index is 13.7. The van der Waals surface area contributed by atoms with Crippen molar-refractivity contribution in [3.05, 3.63) is 94.4 Å². The van der Waals surface area contributed by atoms with E-state index in [1.165, 1.54) is 17.4 Å². The summed E-state index contributed by atoms with van der Waals surface area (Å²) in [4.78, 5) is 21.9. The van der Waals surface area contributed by atoms with Crippen molar-refractivity contribution in [2.45, 2.75) is 38.5 Å². The van der Waals surface area contributed by atoms with Crippen LogP contribution in [0, 0.1) is 6.92 Å². The van der Waals surface area contributed by atoms with E-state index in [-0.39, 0.29) is 11.9 Å². The molecule has 5 heterocycles. The molecule has 0 saturated carbocycles. The number of amides is 1. The van der Waals surface area contributed by atoms with Gasteiger partial charge in [-0.2, -0.15) is 13.2 Å². The molecule has 0 spiro atoms. The number of pyridine rings is 1. The van der Waals surface area contributed by atoms with Gasteiger partial charge in [-0.05, 0) is 54.6 Å². The zero-order valence-corrected chi connectivity index (χ0v) is 23.3. The molecule has 6 rings (SSSR count). The Morgan fingerprint density at radius 2 is 1.88 bits per heavy atom. The average Bonchev–Trinajstić information content (AvgIpc) is 3.77. The van der Waals surface area contributed by atoms with E-state index in [9.17, 15) is 18.0 Å². The Morgan fingerprint density at radius 1 is 1.07 bits per heavy atom. The second-order valence-electron chi connectivity index (χ2n) is 9.97. The lowest BCUT2D eigenvalue weighted by molar-refractivity contribution is -0.141. The SMILES string of the molecule is Cc1nnc(-c2cccc(-n3ccc(N(C(=O)c4cccs4)C4CCN(Cc5cccc(C(F)(F)F)n5)CC4)n3)c2)o1. The fraction of sp³-hybridized carbons (Fsp3) is 0.276. The molecule has 13 heteroatoms. The molecule has 0 radical (unpaired) electrons. The Labute approximate surface area is 243 Å². The van der Waals surface area contributed by atoms with Gasteiger partial charge in [-0.3, -0.25) is 14.6 Å². The van der Waals surface area contributed by atoms with E-state index in [4.69, 9.17) is 9.52 Å². The molecule has 0 unspecified atom stereocenters. The molecule has 1 saturated heterocycles. The molecule has 0 N–H and O–H groups in total. The van der Waals surface area contributed by atoms with Crippen molar-refractivity contribution >= 4 is 23.1 Å². The van der Waals surface area contributed by atoms with Crippen LogP contribution >= 0.6 is 11.3 Å². The Bertz CT molecular complexity index is 1670. The van der Waals surface area contributed by atoms with Crippen LogP contribution in [0.1, 0.15) is 39.8 Å². The zero-order chi connectivity index (χ0) is 29.3. The van der Waals surface area contributed by atoms with Gasteiger partial charge in [-0.1, -0.05) is 18.2 Å². The van der Waals surface area contributed by atoms with Gasteiger partial charge >= 0.3 is 6.18 Å². The van der Waals surface area contributed by atoms with Gasteiger partial charge in [0.2, 0.25) is 11.8 Å². The third-order valence-corrected chi connectivity index (χ3v) is 7.92. The Balaban J connectivity index is 1.21. The smallest absolute Gasteiger partial charge is 0.421 e. The number of thiophene rings is 1. The maximum Gasteiger partial charge on any atom is 0.433 e. The van der Waals surface area contributed by atoms with Crippen LogP contribution in [0.2, 0.25) is 0 Å². The summed E-state index contributed by atoms with van der Waals surface area (Å²) in [6.45, 7) is 3.23. The predicted octanol–water partition coefficient (Wildman–Crippen LogP) is 6.02. The lowest BCUT2D eigenvalue weighted by atomic mass is 10.0. The number of nitrogens with zero attached hydrogens (tertiary/aromatic N) is 7. The summed E-state index contributed by atoms with van der Waals surface area (Å²) in [5, 5.41) is 14.6. The van der Waals surface area contributed by atoms with Crippen molar-refractivity contribution in [3.8, 4) is 17.1 Å². The monoisotopic (exact) mass is 593 g/mol. The van der Waals surface area contributed by atoms with Crippen LogP contribution in [0.5, 0.6) is 0 Å². The molecule has 42 heavy (non-hydrogen) atoms. The van der Waals surface area contributed by atoms with Crippen LogP contribution in [-0.2, 0) is 12.7 Å². The summed E-state index contributed by atoms with van der Waals surface area (Å²) in [5.74, 6) is 1.26. The summed E-state index contributed by atoms with van der Waals surface area (Å²) in [6.07, 6.45) is -1.41. The highest BCUT2D eigenvalue weighted by Crippen LogP contribution is 2.30. The predicted molar refractivity (Wildman–Crippen MR) is 150 cm³/mol.